The van der Waals surface area contributed by atoms with Crippen molar-refractivity contribution < 1.29 is 73.6 Å². The maximum absolute atomic E-state index is 12.8. The van der Waals surface area contributed by atoms with E-state index in [9.17, 15) is 32.0 Å². The number of aryl methyl sites for hydroxylation is 1. The molecule has 6 aromatic heterocycles. The van der Waals surface area contributed by atoms with Gasteiger partial charge in [0, 0.05) is 5.56 Å². The van der Waals surface area contributed by atoms with E-state index in [1.54, 1.807) is 99.7 Å². The maximum Gasteiger partial charge on any atom is 0.358 e. The van der Waals surface area contributed by atoms with Crippen molar-refractivity contribution in [3.63, 3.8) is 0 Å². The second-order valence-corrected chi connectivity index (χ2v) is 41.2. The standard InChI is InChI=1S/C15H26N5O4P.C15H15N5O2.C14H23O6PS.C9H14N5O4P.C3H9BrSi/c1-10(2)23-25(21,24-11(3)4)9-22-12(5)6-20-8-19-13-14(16)17-7-18-15(13)20;1-10(21)7-20-9-18-12-13(16-8-17-14(12)20)19-15(22)11-5-3-2-4-6-11;1-11(2)19-21(15,20-12(3)4)10-18-22(16,17)14-8-6-13(5)7-9-14;1-6(18-5-19(15,16)17)2-14-4-13-7-8(10)11-3-12-9(7)14;1-5(2,3)4/h7-8,10-12H,6,9H2,1-5H3,(H2,16,17,18);2-6,8-10,21H,7H2,1H3,(H,16,17,19,22);6-9,11-12H,10H2,1-5H3;3-4,6H,2,5H2,1H3,(H2,10,11,12)(H2,15,16,17);1-3H3/t12-;10-;;6-;/m11.1./s1. The molecule has 0 aliphatic rings. The van der Waals surface area contributed by atoms with Crippen LogP contribution in [0.3, 0.4) is 0 Å². The molecule has 31 nitrogen and oxygen atoms in total. The van der Waals surface area contributed by atoms with E-state index in [0.29, 0.717) is 70.3 Å². The van der Waals surface area contributed by atoms with Crippen LogP contribution in [-0.4, -0.2) is 156 Å². The molecular weight excluding hydrogens is 1370 g/mol. The van der Waals surface area contributed by atoms with E-state index >= 15 is 0 Å². The molecule has 8 rings (SSSR count). The number of rotatable bonds is 26. The van der Waals surface area contributed by atoms with Crippen molar-refractivity contribution in [3.8, 4) is 0 Å². The van der Waals surface area contributed by atoms with Gasteiger partial charge in [0.1, 0.15) is 49.4 Å². The fourth-order valence-corrected chi connectivity index (χ4v) is 13.2. The molecule has 0 radical (unpaired) electrons. The molecule has 0 aliphatic heterocycles. The zero-order valence-corrected chi connectivity index (χ0v) is 60.8. The molecule has 8 N–H and O–H groups in total. The molecule has 0 spiro atoms. The van der Waals surface area contributed by atoms with Gasteiger partial charge < -0.3 is 72.9 Å². The number of nitrogens with two attached hydrogens (primary N) is 2. The third-order valence-corrected chi connectivity index (χ3v) is 16.9. The number of hydrogen-bond donors (Lipinski definition) is 6. The highest BCUT2D eigenvalue weighted by molar-refractivity contribution is 9.26. The summed E-state index contributed by atoms with van der Waals surface area (Å²) in [6.45, 7) is 28.2. The van der Waals surface area contributed by atoms with E-state index in [4.69, 9.17) is 53.0 Å². The highest BCUT2D eigenvalue weighted by atomic mass is 79.9. The molecule has 1 amide bonds. The van der Waals surface area contributed by atoms with Crippen LogP contribution in [0.2, 0.25) is 19.6 Å². The van der Waals surface area contributed by atoms with Gasteiger partial charge in [-0.3, -0.25) is 22.7 Å². The van der Waals surface area contributed by atoms with Crippen molar-refractivity contribution in [2.45, 2.75) is 170 Å². The Balaban J connectivity index is 0.000000258. The SMILES string of the molecule is CC(C)OP(=O)(CO[C@H](C)Cn1cnc2c(N)ncnc21)OC(C)C.C[C@@H](O)Cn1cnc2c(NC(=O)c3ccccc3)ncnc21.C[C@H](Cn1cnc2c(N)ncnc21)OCP(=O)(O)O.C[Si](C)(C)Br.Cc1ccc(S(=O)(=O)OCP(=O)(OC(C)C)OC(C)C)cc1. The first-order valence-corrected chi connectivity index (χ1v) is 41.5. The van der Waals surface area contributed by atoms with Gasteiger partial charge in [-0.05, 0) is 107 Å². The van der Waals surface area contributed by atoms with E-state index in [-0.39, 0.29) is 53.5 Å². The highest BCUT2D eigenvalue weighted by Crippen LogP contribution is 2.52. The summed E-state index contributed by atoms with van der Waals surface area (Å²) >= 11 is 3.51. The number of nitrogens with zero attached hydrogens (tertiary/aromatic N) is 12. The number of nitrogen functional groups attached to an aromatic ring is 2. The van der Waals surface area contributed by atoms with Gasteiger partial charge in [-0.15, -0.1) is 15.3 Å². The van der Waals surface area contributed by atoms with Crippen LogP contribution in [0.5, 0.6) is 0 Å². The van der Waals surface area contributed by atoms with E-state index in [0.717, 1.165) is 5.56 Å². The summed E-state index contributed by atoms with van der Waals surface area (Å²) in [5, 5.41) is 12.2. The van der Waals surface area contributed by atoms with Gasteiger partial charge in [0.2, 0.25) is 0 Å². The van der Waals surface area contributed by atoms with Crippen molar-refractivity contribution in [2.75, 3.05) is 35.8 Å². The summed E-state index contributed by atoms with van der Waals surface area (Å²) in [5.41, 5.74) is 16.2. The highest BCUT2D eigenvalue weighted by Gasteiger charge is 2.32. The van der Waals surface area contributed by atoms with E-state index in [1.807, 2.05) is 52.2 Å². The zero-order chi connectivity index (χ0) is 69.6. The zero-order valence-electron chi connectivity index (χ0n) is 54.7. The third kappa shape index (κ3) is 28.5. The summed E-state index contributed by atoms with van der Waals surface area (Å²) in [6.07, 6.45) is 5.06. The minimum atomic E-state index is -4.16. The van der Waals surface area contributed by atoms with Crippen molar-refractivity contribution in [1.82, 2.24) is 58.6 Å². The summed E-state index contributed by atoms with van der Waals surface area (Å²) in [6, 6.07) is 15.1. The Labute approximate surface area is 550 Å². The monoisotopic (exact) mass is 1460 g/mol. The number of aliphatic hydroxyl groups excluding tert-OH is 1. The molecule has 0 saturated heterocycles. The van der Waals surface area contributed by atoms with Gasteiger partial charge in [-0.1, -0.05) is 55.5 Å². The molecular formula is C56H87BrN15O16P3SSi. The average molecular weight is 1460 g/mol. The molecule has 6 heterocycles. The number of carbonyl (C=O) groups excluding carboxylic acids is 1. The van der Waals surface area contributed by atoms with Crippen LogP contribution in [0.25, 0.3) is 33.5 Å². The Bertz CT molecular complexity index is 3860. The lowest BCUT2D eigenvalue weighted by Crippen LogP contribution is -2.19. The van der Waals surface area contributed by atoms with E-state index in [2.05, 4.69) is 85.1 Å². The number of hydrogen-bond acceptors (Lipinski definition) is 25. The van der Waals surface area contributed by atoms with Gasteiger partial charge in [0.15, 0.2) is 46.3 Å². The number of imidazole rings is 3. The second-order valence-electron chi connectivity index (χ2n) is 22.9. The maximum atomic E-state index is 12.8. The number of fused-ring (bicyclic) bond motifs is 3. The van der Waals surface area contributed by atoms with Crippen molar-refractivity contribution in [3.05, 3.63) is 104 Å². The lowest BCUT2D eigenvalue weighted by atomic mass is 10.2. The number of ether oxygens (including phenoxy) is 2. The van der Waals surface area contributed by atoms with Crippen LogP contribution >= 0.6 is 38.1 Å². The minimum Gasteiger partial charge on any atom is -0.392 e. The van der Waals surface area contributed by atoms with Crippen LogP contribution in [0.4, 0.5) is 17.5 Å². The third-order valence-electron chi connectivity index (χ3n) is 11.1. The average Bonchev–Trinajstić information content (AvgIpc) is 1.73. The fraction of sp³-hybridized carbons (Fsp3) is 0.500. The molecule has 514 valence electrons. The van der Waals surface area contributed by atoms with E-state index in [1.165, 1.54) is 37.4 Å². The number of aliphatic hydroxyl groups is 1. The lowest BCUT2D eigenvalue weighted by Gasteiger charge is -2.24. The van der Waals surface area contributed by atoms with Crippen molar-refractivity contribution in [1.29, 1.82) is 0 Å². The van der Waals surface area contributed by atoms with Crippen LogP contribution in [0, 0.1) is 6.92 Å². The van der Waals surface area contributed by atoms with Crippen molar-refractivity contribution in [2.24, 2.45) is 0 Å². The van der Waals surface area contributed by atoms with E-state index < -0.39 is 64.5 Å². The van der Waals surface area contributed by atoms with Gasteiger partial charge in [0.25, 0.3) is 16.0 Å². The largest absolute Gasteiger partial charge is 0.392 e. The van der Waals surface area contributed by atoms with Gasteiger partial charge in [0.05, 0.1) is 86.2 Å². The molecule has 3 atom stereocenters. The molecule has 0 saturated carbocycles. The number of aromatic nitrogens is 12. The van der Waals surface area contributed by atoms with Crippen LogP contribution in [-0.2, 0) is 75.2 Å². The first-order valence-electron chi connectivity index (χ1n) is 29.1. The summed E-state index contributed by atoms with van der Waals surface area (Å²) < 4.78 is 103. The molecule has 8 aromatic rings. The Morgan fingerprint density at radius 1 is 0.581 bits per heavy atom. The molecule has 0 unspecified atom stereocenters. The van der Waals surface area contributed by atoms with Gasteiger partial charge >= 0.3 is 22.8 Å². The molecule has 2 aromatic carbocycles. The molecule has 0 aliphatic carbocycles. The van der Waals surface area contributed by atoms with Crippen LogP contribution < -0.4 is 16.8 Å². The minimum absolute atomic E-state index is 0.00116. The number of benzene rings is 2. The number of anilines is 3. The summed E-state index contributed by atoms with van der Waals surface area (Å²) in [4.78, 5) is 66.4. The molecule has 37 heteroatoms. The number of nitrogens with one attached hydrogen (secondary N) is 1. The molecule has 0 bridgehead atoms. The molecule has 0 fully saturated rings. The molecule has 93 heavy (non-hydrogen) atoms. The Hall–Kier alpha value is -5.90. The Morgan fingerprint density at radius 2 is 0.968 bits per heavy atom. The van der Waals surface area contributed by atoms with Crippen LogP contribution in [0.1, 0.15) is 92.1 Å². The Kier molecular flexibility index (Phi) is 31.0. The fourth-order valence-electron chi connectivity index (χ4n) is 7.69. The van der Waals surface area contributed by atoms with Crippen LogP contribution in [0.15, 0.2) is 97.5 Å². The summed E-state index contributed by atoms with van der Waals surface area (Å²) in [7, 11) is -15.2. The predicted octanol–water partition coefficient (Wildman–Crippen LogP) is 10.1. The topological polar surface area (TPSA) is 423 Å². The Morgan fingerprint density at radius 3 is 1.39 bits per heavy atom. The number of carbonyl (C=O) groups is 1. The summed E-state index contributed by atoms with van der Waals surface area (Å²) in [5.74, 6) is 0.707. The first-order chi connectivity index (χ1) is 43.3. The normalized spacial score (nSPS) is 13.2. The number of amides is 1. The first kappa shape index (κ1) is 79.5. The van der Waals surface area contributed by atoms with Gasteiger partial charge in [-0.25, -0.2) is 44.9 Å². The van der Waals surface area contributed by atoms with Gasteiger partial charge in [-0.2, -0.15) is 8.42 Å². The second kappa shape index (κ2) is 36.3. The smallest absolute Gasteiger partial charge is 0.358 e. The lowest BCUT2D eigenvalue weighted by molar-refractivity contribution is 0.0548. The number of halogens is 1. The quantitative estimate of drug-likeness (QED) is 0.0127. The predicted molar refractivity (Wildman–Crippen MR) is 360 cm³/mol. The van der Waals surface area contributed by atoms with Crippen molar-refractivity contribution >= 4 is 112 Å².